The fourth-order valence-electron chi connectivity index (χ4n) is 1.58. The van der Waals surface area contributed by atoms with Crippen LogP contribution >= 0.6 is 0 Å². The van der Waals surface area contributed by atoms with Gasteiger partial charge in [0, 0.05) is 14.1 Å². The van der Waals surface area contributed by atoms with Gasteiger partial charge < -0.3 is 15.4 Å². The van der Waals surface area contributed by atoms with E-state index in [9.17, 15) is 4.79 Å². The van der Waals surface area contributed by atoms with Crippen molar-refractivity contribution in [1.29, 1.82) is 0 Å². The maximum atomic E-state index is 11.6. The summed E-state index contributed by atoms with van der Waals surface area (Å²) in [5.41, 5.74) is 1.37. The summed E-state index contributed by atoms with van der Waals surface area (Å²) in [7, 11) is 3.41. The fraction of sp³-hybridized carbons (Fsp3) is 0.417. The smallest absolute Gasteiger partial charge is 0.253 e. The van der Waals surface area contributed by atoms with Gasteiger partial charge in [0.1, 0.15) is 5.75 Å². The van der Waals surface area contributed by atoms with Crippen molar-refractivity contribution in [3.63, 3.8) is 0 Å². The molecule has 0 heterocycles. The third-order valence-electron chi connectivity index (χ3n) is 2.57. The van der Waals surface area contributed by atoms with Crippen LogP contribution in [0.4, 0.5) is 5.69 Å². The molecule has 4 nitrogen and oxygen atoms in total. The zero-order valence-electron chi connectivity index (χ0n) is 9.54. The molecular formula is C12H16N2O2. The summed E-state index contributed by atoms with van der Waals surface area (Å²) in [4.78, 5) is 11.6. The summed E-state index contributed by atoms with van der Waals surface area (Å²) >= 11 is 0. The van der Waals surface area contributed by atoms with E-state index in [1.54, 1.807) is 20.2 Å². The van der Waals surface area contributed by atoms with E-state index >= 15 is 0 Å². The molecular weight excluding hydrogens is 204 g/mol. The van der Waals surface area contributed by atoms with Crippen LogP contribution in [0.5, 0.6) is 5.75 Å². The second-order valence-electron chi connectivity index (χ2n) is 3.83. The van der Waals surface area contributed by atoms with E-state index in [1.807, 2.05) is 12.1 Å². The van der Waals surface area contributed by atoms with Crippen LogP contribution < -0.4 is 15.4 Å². The van der Waals surface area contributed by atoms with Gasteiger partial charge in [-0.05, 0) is 25.0 Å². The summed E-state index contributed by atoms with van der Waals surface area (Å²) in [5, 5.41) is 5.64. The third-order valence-corrected chi connectivity index (χ3v) is 2.57. The molecule has 16 heavy (non-hydrogen) atoms. The Morgan fingerprint density at radius 3 is 2.69 bits per heavy atom. The normalized spacial score (nSPS) is 14.4. The van der Waals surface area contributed by atoms with Gasteiger partial charge in [0.15, 0.2) is 0 Å². The van der Waals surface area contributed by atoms with E-state index in [4.69, 9.17) is 4.74 Å². The average Bonchev–Trinajstić information content (AvgIpc) is 3.11. The summed E-state index contributed by atoms with van der Waals surface area (Å²) in [5.74, 6) is 0.650. The number of anilines is 1. The molecule has 1 aliphatic carbocycles. The number of carbonyl (C=O) groups is 1. The first-order valence-electron chi connectivity index (χ1n) is 5.45. The highest BCUT2D eigenvalue weighted by molar-refractivity contribution is 6.00. The molecule has 86 valence electrons. The quantitative estimate of drug-likeness (QED) is 0.810. The second-order valence-corrected chi connectivity index (χ2v) is 3.83. The van der Waals surface area contributed by atoms with Crippen LogP contribution in [-0.4, -0.2) is 26.1 Å². The van der Waals surface area contributed by atoms with Crippen LogP contribution in [0.2, 0.25) is 0 Å². The standard InChI is InChI=1S/C12H16N2O2/c1-13-11-9(12(15)14-2)4-3-5-10(11)16-8-6-7-8/h3-5,8,13H,6-7H2,1-2H3,(H,14,15). The van der Waals surface area contributed by atoms with Crippen LogP contribution in [0, 0.1) is 0 Å². The first-order chi connectivity index (χ1) is 7.76. The fourth-order valence-corrected chi connectivity index (χ4v) is 1.58. The lowest BCUT2D eigenvalue weighted by Crippen LogP contribution is -2.19. The number of hydrogen-bond acceptors (Lipinski definition) is 3. The number of rotatable bonds is 4. The van der Waals surface area contributed by atoms with Crippen LogP contribution in [0.15, 0.2) is 18.2 Å². The average molecular weight is 220 g/mol. The van der Waals surface area contributed by atoms with Crippen molar-refractivity contribution in [3.8, 4) is 5.75 Å². The van der Waals surface area contributed by atoms with Gasteiger partial charge in [0.05, 0.1) is 17.4 Å². The van der Waals surface area contributed by atoms with Crippen molar-refractivity contribution in [3.05, 3.63) is 23.8 Å². The van der Waals surface area contributed by atoms with E-state index in [0.717, 1.165) is 24.3 Å². The van der Waals surface area contributed by atoms with Crippen LogP contribution in [-0.2, 0) is 0 Å². The second kappa shape index (κ2) is 4.43. The molecule has 0 bridgehead atoms. The van der Waals surface area contributed by atoms with Gasteiger partial charge >= 0.3 is 0 Å². The van der Waals surface area contributed by atoms with E-state index < -0.39 is 0 Å². The first-order valence-corrected chi connectivity index (χ1v) is 5.45. The molecule has 2 rings (SSSR count). The molecule has 4 heteroatoms. The Balaban J connectivity index is 2.32. The van der Waals surface area contributed by atoms with Crippen molar-refractivity contribution in [2.45, 2.75) is 18.9 Å². The Hall–Kier alpha value is -1.71. The van der Waals surface area contributed by atoms with Gasteiger partial charge in [-0.2, -0.15) is 0 Å². The van der Waals surface area contributed by atoms with Crippen molar-refractivity contribution in [2.75, 3.05) is 19.4 Å². The van der Waals surface area contributed by atoms with Crippen LogP contribution in [0.3, 0.4) is 0 Å². The van der Waals surface area contributed by atoms with Crippen LogP contribution in [0.1, 0.15) is 23.2 Å². The molecule has 0 unspecified atom stereocenters. The number of benzene rings is 1. The molecule has 0 spiro atoms. The maximum Gasteiger partial charge on any atom is 0.253 e. The molecule has 1 aromatic rings. The minimum absolute atomic E-state index is 0.106. The first kappa shape index (κ1) is 10.8. The van der Waals surface area contributed by atoms with Gasteiger partial charge in [-0.1, -0.05) is 6.07 Å². The van der Waals surface area contributed by atoms with Gasteiger partial charge in [-0.3, -0.25) is 4.79 Å². The Morgan fingerprint density at radius 1 is 1.38 bits per heavy atom. The highest BCUT2D eigenvalue weighted by Crippen LogP contribution is 2.33. The third kappa shape index (κ3) is 2.10. The zero-order chi connectivity index (χ0) is 11.5. The number of para-hydroxylation sites is 1. The molecule has 1 aliphatic rings. The van der Waals surface area contributed by atoms with E-state index in [1.165, 1.54) is 0 Å². The predicted molar refractivity (Wildman–Crippen MR) is 63.0 cm³/mol. The zero-order valence-corrected chi connectivity index (χ0v) is 9.54. The molecule has 0 aliphatic heterocycles. The number of hydrogen-bond donors (Lipinski definition) is 2. The number of carbonyl (C=O) groups excluding carboxylic acids is 1. The minimum atomic E-state index is -0.106. The SMILES string of the molecule is CNC(=O)c1cccc(OC2CC2)c1NC. The lowest BCUT2D eigenvalue weighted by atomic mass is 10.1. The highest BCUT2D eigenvalue weighted by atomic mass is 16.5. The monoisotopic (exact) mass is 220 g/mol. The van der Waals surface area contributed by atoms with Gasteiger partial charge in [0.2, 0.25) is 0 Å². The van der Waals surface area contributed by atoms with Crippen molar-refractivity contribution >= 4 is 11.6 Å². The van der Waals surface area contributed by atoms with E-state index in [-0.39, 0.29) is 5.91 Å². The molecule has 1 saturated carbocycles. The Kier molecular flexibility index (Phi) is 2.99. The minimum Gasteiger partial charge on any atom is -0.488 e. The van der Waals surface area contributed by atoms with E-state index in [0.29, 0.717) is 11.7 Å². The molecule has 0 radical (unpaired) electrons. The van der Waals surface area contributed by atoms with E-state index in [2.05, 4.69) is 10.6 Å². The Labute approximate surface area is 95.0 Å². The Bertz CT molecular complexity index is 400. The summed E-state index contributed by atoms with van der Waals surface area (Å²) in [6.45, 7) is 0. The van der Waals surface area contributed by atoms with Gasteiger partial charge in [-0.25, -0.2) is 0 Å². The molecule has 1 fully saturated rings. The molecule has 0 aromatic heterocycles. The lowest BCUT2D eigenvalue weighted by molar-refractivity contribution is 0.0963. The number of nitrogens with one attached hydrogen (secondary N) is 2. The number of amides is 1. The largest absolute Gasteiger partial charge is 0.488 e. The highest BCUT2D eigenvalue weighted by Gasteiger charge is 2.25. The summed E-state index contributed by atoms with van der Waals surface area (Å²) < 4.78 is 5.74. The molecule has 2 N–H and O–H groups in total. The Morgan fingerprint density at radius 2 is 2.12 bits per heavy atom. The molecule has 0 atom stereocenters. The molecule has 0 saturated heterocycles. The lowest BCUT2D eigenvalue weighted by Gasteiger charge is -2.13. The van der Waals surface area contributed by atoms with Crippen molar-refractivity contribution < 1.29 is 9.53 Å². The van der Waals surface area contributed by atoms with Gasteiger partial charge in [-0.15, -0.1) is 0 Å². The summed E-state index contributed by atoms with van der Waals surface area (Å²) in [6, 6.07) is 5.50. The van der Waals surface area contributed by atoms with Crippen molar-refractivity contribution in [1.82, 2.24) is 5.32 Å². The summed E-state index contributed by atoms with van der Waals surface area (Å²) in [6.07, 6.45) is 2.54. The maximum absolute atomic E-state index is 11.6. The van der Waals surface area contributed by atoms with Crippen molar-refractivity contribution in [2.24, 2.45) is 0 Å². The molecule has 1 amide bonds. The van der Waals surface area contributed by atoms with Crippen LogP contribution in [0.25, 0.3) is 0 Å². The topological polar surface area (TPSA) is 50.4 Å². The van der Waals surface area contributed by atoms with Gasteiger partial charge in [0.25, 0.3) is 5.91 Å². The predicted octanol–water partition coefficient (Wildman–Crippen LogP) is 1.63. The number of ether oxygens (including phenoxy) is 1. The molecule has 1 aromatic carbocycles.